The number of anilines is 1. The van der Waals surface area contributed by atoms with Gasteiger partial charge in [0.15, 0.2) is 11.4 Å². The van der Waals surface area contributed by atoms with Crippen LogP contribution in [0.2, 0.25) is 0 Å². The highest BCUT2D eigenvalue weighted by molar-refractivity contribution is 6.05. The summed E-state index contributed by atoms with van der Waals surface area (Å²) in [6, 6.07) is 7.90. The number of fused-ring (bicyclic) bond motifs is 3. The summed E-state index contributed by atoms with van der Waals surface area (Å²) in [6.07, 6.45) is 3.47. The molecule has 1 atom stereocenters. The highest BCUT2D eigenvalue weighted by Gasteiger charge is 2.31. The average Bonchev–Trinajstić information content (AvgIpc) is 3.13. The summed E-state index contributed by atoms with van der Waals surface area (Å²) in [6.45, 7) is 4.18. The molecule has 2 aliphatic rings. The number of hydrogen-bond acceptors (Lipinski definition) is 6. The quantitative estimate of drug-likeness (QED) is 0.694. The number of piperidine rings is 1. The van der Waals surface area contributed by atoms with E-state index < -0.39 is 0 Å². The third-order valence-electron chi connectivity index (χ3n) is 5.53. The van der Waals surface area contributed by atoms with Crippen LogP contribution in [0.3, 0.4) is 0 Å². The van der Waals surface area contributed by atoms with E-state index in [9.17, 15) is 4.79 Å². The van der Waals surface area contributed by atoms with Gasteiger partial charge in [-0.2, -0.15) is 0 Å². The summed E-state index contributed by atoms with van der Waals surface area (Å²) in [5, 5.41) is 0.995. The highest BCUT2D eigenvalue weighted by atomic mass is 16.5. The van der Waals surface area contributed by atoms with Crippen LogP contribution >= 0.6 is 0 Å². The van der Waals surface area contributed by atoms with Crippen molar-refractivity contribution in [1.29, 1.82) is 0 Å². The number of amides is 1. The maximum Gasteiger partial charge on any atom is 0.227 e. The zero-order chi connectivity index (χ0) is 18.2. The fourth-order valence-corrected chi connectivity index (χ4v) is 4.15. The fourth-order valence-electron chi connectivity index (χ4n) is 4.15. The third kappa shape index (κ3) is 2.92. The summed E-state index contributed by atoms with van der Waals surface area (Å²) < 4.78 is 11.4. The summed E-state index contributed by atoms with van der Waals surface area (Å²) in [7, 11) is 0. The SMILES string of the molecule is O=C(C1CCCN(c2ncnc3c2oc2ccccc23)C1)N1CCOCC1. The van der Waals surface area contributed by atoms with Gasteiger partial charge < -0.3 is 19.0 Å². The zero-order valence-corrected chi connectivity index (χ0v) is 15.1. The lowest BCUT2D eigenvalue weighted by atomic mass is 9.96. The first-order chi connectivity index (χ1) is 13.3. The number of hydrogen-bond donors (Lipinski definition) is 0. The van der Waals surface area contributed by atoms with Crippen LogP contribution in [-0.4, -0.2) is 60.2 Å². The number of morpholine rings is 1. The number of nitrogens with zero attached hydrogens (tertiary/aromatic N) is 4. The van der Waals surface area contributed by atoms with Crippen molar-refractivity contribution < 1.29 is 13.9 Å². The van der Waals surface area contributed by atoms with E-state index >= 15 is 0 Å². The molecule has 7 nitrogen and oxygen atoms in total. The molecule has 3 aromatic rings. The number of furan rings is 1. The number of rotatable bonds is 2. The molecule has 0 bridgehead atoms. The second-order valence-corrected chi connectivity index (χ2v) is 7.20. The van der Waals surface area contributed by atoms with Crippen molar-refractivity contribution in [3.8, 4) is 0 Å². The first-order valence-corrected chi connectivity index (χ1v) is 9.55. The first-order valence-electron chi connectivity index (χ1n) is 9.55. The number of benzene rings is 1. The molecule has 0 N–H and O–H groups in total. The fraction of sp³-hybridized carbons (Fsp3) is 0.450. The molecule has 2 aliphatic heterocycles. The van der Waals surface area contributed by atoms with Crippen molar-refractivity contribution in [3.63, 3.8) is 0 Å². The van der Waals surface area contributed by atoms with Gasteiger partial charge in [0.1, 0.15) is 17.4 Å². The van der Waals surface area contributed by atoms with Crippen LogP contribution in [0, 0.1) is 5.92 Å². The van der Waals surface area contributed by atoms with Crippen LogP contribution in [0.4, 0.5) is 5.82 Å². The Morgan fingerprint density at radius 3 is 2.85 bits per heavy atom. The molecule has 0 aliphatic carbocycles. The maximum absolute atomic E-state index is 12.9. The molecule has 140 valence electrons. The van der Waals surface area contributed by atoms with E-state index in [2.05, 4.69) is 14.9 Å². The van der Waals surface area contributed by atoms with E-state index in [1.54, 1.807) is 6.33 Å². The minimum Gasteiger partial charge on any atom is -0.450 e. The van der Waals surface area contributed by atoms with Gasteiger partial charge in [-0.15, -0.1) is 0 Å². The molecule has 2 fully saturated rings. The Kier molecular flexibility index (Phi) is 4.16. The Bertz CT molecular complexity index is 980. The minimum atomic E-state index is -0.00811. The molecular weight excluding hydrogens is 344 g/mol. The molecule has 0 saturated carbocycles. The standard InChI is InChI=1S/C20H22N4O3/c25-20(23-8-10-26-11-9-23)14-4-3-7-24(12-14)19-18-17(21-13-22-19)15-5-1-2-6-16(15)27-18/h1-2,5-6,13-14H,3-4,7-12H2. The van der Waals surface area contributed by atoms with Crippen molar-refractivity contribution in [2.75, 3.05) is 44.3 Å². The van der Waals surface area contributed by atoms with E-state index in [-0.39, 0.29) is 11.8 Å². The predicted molar refractivity (Wildman–Crippen MR) is 102 cm³/mol. The van der Waals surface area contributed by atoms with Crippen LogP contribution in [0.1, 0.15) is 12.8 Å². The van der Waals surface area contributed by atoms with Gasteiger partial charge in [0, 0.05) is 31.6 Å². The van der Waals surface area contributed by atoms with Crippen molar-refractivity contribution in [1.82, 2.24) is 14.9 Å². The van der Waals surface area contributed by atoms with E-state index in [0.29, 0.717) is 38.4 Å². The van der Waals surface area contributed by atoms with Gasteiger partial charge in [0.2, 0.25) is 5.91 Å². The van der Waals surface area contributed by atoms with E-state index in [0.717, 1.165) is 41.7 Å². The van der Waals surface area contributed by atoms with Crippen molar-refractivity contribution in [2.45, 2.75) is 12.8 Å². The predicted octanol–water partition coefficient (Wildman–Crippen LogP) is 2.45. The first kappa shape index (κ1) is 16.5. The molecule has 2 saturated heterocycles. The molecule has 7 heteroatoms. The lowest BCUT2D eigenvalue weighted by Crippen LogP contribution is -2.48. The van der Waals surface area contributed by atoms with Gasteiger partial charge in [-0.1, -0.05) is 12.1 Å². The zero-order valence-electron chi connectivity index (χ0n) is 15.1. The third-order valence-corrected chi connectivity index (χ3v) is 5.53. The normalized spacial score (nSPS) is 21.1. The molecule has 1 amide bonds. The molecule has 1 aromatic carbocycles. The lowest BCUT2D eigenvalue weighted by Gasteiger charge is -2.36. The Balaban J connectivity index is 1.45. The van der Waals surface area contributed by atoms with E-state index in [1.165, 1.54) is 0 Å². The topological polar surface area (TPSA) is 71.7 Å². The summed E-state index contributed by atoms with van der Waals surface area (Å²) >= 11 is 0. The maximum atomic E-state index is 12.9. The Morgan fingerprint density at radius 1 is 1.11 bits per heavy atom. The van der Waals surface area contributed by atoms with Gasteiger partial charge in [-0.25, -0.2) is 9.97 Å². The second kappa shape index (κ2) is 6.81. The summed E-state index contributed by atoms with van der Waals surface area (Å²) in [5.41, 5.74) is 2.35. The summed E-state index contributed by atoms with van der Waals surface area (Å²) in [4.78, 5) is 26.0. The molecular formula is C20H22N4O3. The Hall–Kier alpha value is -2.67. The number of carbonyl (C=O) groups excluding carboxylic acids is 1. The summed E-state index contributed by atoms with van der Waals surface area (Å²) in [5.74, 6) is 1.01. The molecule has 2 aromatic heterocycles. The van der Waals surface area contributed by atoms with Crippen LogP contribution < -0.4 is 4.90 Å². The molecule has 5 rings (SSSR count). The van der Waals surface area contributed by atoms with E-state index in [1.807, 2.05) is 29.2 Å². The van der Waals surface area contributed by atoms with Crippen LogP contribution in [0.5, 0.6) is 0 Å². The van der Waals surface area contributed by atoms with Gasteiger partial charge in [0.25, 0.3) is 0 Å². The van der Waals surface area contributed by atoms with Gasteiger partial charge >= 0.3 is 0 Å². The van der Waals surface area contributed by atoms with Gasteiger partial charge in [0.05, 0.1) is 19.1 Å². The number of aromatic nitrogens is 2. The molecule has 27 heavy (non-hydrogen) atoms. The Morgan fingerprint density at radius 2 is 1.96 bits per heavy atom. The monoisotopic (exact) mass is 366 g/mol. The number of ether oxygens (including phenoxy) is 1. The van der Waals surface area contributed by atoms with Crippen molar-refractivity contribution >= 4 is 33.8 Å². The second-order valence-electron chi connectivity index (χ2n) is 7.20. The van der Waals surface area contributed by atoms with Crippen LogP contribution in [0.25, 0.3) is 22.1 Å². The molecule has 0 radical (unpaired) electrons. The molecule has 1 unspecified atom stereocenters. The van der Waals surface area contributed by atoms with E-state index in [4.69, 9.17) is 9.15 Å². The van der Waals surface area contributed by atoms with Gasteiger partial charge in [-0.3, -0.25) is 4.79 Å². The van der Waals surface area contributed by atoms with Gasteiger partial charge in [-0.05, 0) is 25.0 Å². The highest BCUT2D eigenvalue weighted by Crippen LogP contribution is 2.34. The average molecular weight is 366 g/mol. The van der Waals surface area contributed by atoms with Crippen molar-refractivity contribution in [2.24, 2.45) is 5.92 Å². The lowest BCUT2D eigenvalue weighted by molar-refractivity contribution is -0.139. The largest absolute Gasteiger partial charge is 0.450 e. The van der Waals surface area contributed by atoms with Crippen LogP contribution in [0.15, 0.2) is 35.0 Å². The molecule has 4 heterocycles. The minimum absolute atomic E-state index is 0.00811. The van der Waals surface area contributed by atoms with Crippen molar-refractivity contribution in [3.05, 3.63) is 30.6 Å². The Labute approximate surface area is 156 Å². The smallest absolute Gasteiger partial charge is 0.227 e. The number of carbonyl (C=O) groups is 1. The van der Waals surface area contributed by atoms with Crippen LogP contribution in [-0.2, 0) is 9.53 Å². The number of para-hydroxylation sites is 1. The molecule has 0 spiro atoms.